The Labute approximate surface area is 169 Å². The maximum atomic E-state index is 5.56. The fourth-order valence-corrected chi connectivity index (χ4v) is 4.19. The van der Waals surface area contributed by atoms with E-state index in [1.54, 1.807) is 7.11 Å². The zero-order valence-corrected chi connectivity index (χ0v) is 17.7. The molecule has 2 aliphatic rings. The summed E-state index contributed by atoms with van der Waals surface area (Å²) < 4.78 is 10.9. The van der Waals surface area contributed by atoms with Crippen LogP contribution in [0.1, 0.15) is 44.2 Å². The minimum Gasteiger partial charge on any atom is -0.497 e. The van der Waals surface area contributed by atoms with Crippen molar-refractivity contribution in [3.8, 4) is 5.75 Å². The first-order chi connectivity index (χ1) is 13.7. The summed E-state index contributed by atoms with van der Waals surface area (Å²) in [6.07, 6.45) is 5.25. The normalized spacial score (nSPS) is 20.9. The standard InChI is InChI=1S/C22H36N4O2/c1-4-22(10-5-11-22)17-25-21(23-2)24-16-20(26-12-14-28-15-13-26)18-6-8-19(27-3)9-7-18/h6-9,20H,4-5,10-17H2,1-3H3,(H2,23,24,25). The van der Waals surface area contributed by atoms with Crippen molar-refractivity contribution < 1.29 is 9.47 Å². The number of guanidine groups is 1. The lowest BCUT2D eigenvalue weighted by Gasteiger charge is -2.41. The van der Waals surface area contributed by atoms with E-state index in [4.69, 9.17) is 9.47 Å². The Bertz CT molecular complexity index is 616. The van der Waals surface area contributed by atoms with Crippen LogP contribution in [0.4, 0.5) is 0 Å². The third-order valence-electron chi connectivity index (χ3n) is 6.47. The predicted octanol–water partition coefficient (Wildman–Crippen LogP) is 2.81. The lowest BCUT2D eigenvalue weighted by molar-refractivity contribution is 0.0169. The SMILES string of the molecule is CCC1(CNC(=NC)NCC(c2ccc(OC)cc2)N2CCOCC2)CCC1. The van der Waals surface area contributed by atoms with Gasteiger partial charge in [-0.05, 0) is 42.4 Å². The van der Waals surface area contributed by atoms with Crippen LogP contribution >= 0.6 is 0 Å². The van der Waals surface area contributed by atoms with E-state index >= 15 is 0 Å². The summed E-state index contributed by atoms with van der Waals surface area (Å²) in [5.74, 6) is 1.78. The molecular formula is C22H36N4O2. The highest BCUT2D eigenvalue weighted by atomic mass is 16.5. The predicted molar refractivity (Wildman–Crippen MR) is 114 cm³/mol. The third-order valence-corrected chi connectivity index (χ3v) is 6.47. The van der Waals surface area contributed by atoms with Crippen LogP contribution in [0.15, 0.2) is 29.3 Å². The number of hydrogen-bond donors (Lipinski definition) is 2. The van der Waals surface area contributed by atoms with E-state index in [0.29, 0.717) is 5.41 Å². The van der Waals surface area contributed by atoms with Crippen LogP contribution < -0.4 is 15.4 Å². The largest absolute Gasteiger partial charge is 0.497 e. The Hall–Kier alpha value is -1.79. The number of methoxy groups -OCH3 is 1. The highest BCUT2D eigenvalue weighted by Gasteiger charge is 2.35. The fraction of sp³-hybridized carbons (Fsp3) is 0.682. The van der Waals surface area contributed by atoms with Crippen molar-refractivity contribution in [3.05, 3.63) is 29.8 Å². The van der Waals surface area contributed by atoms with E-state index in [0.717, 1.165) is 51.1 Å². The average Bonchev–Trinajstić information content (AvgIpc) is 2.73. The van der Waals surface area contributed by atoms with Gasteiger partial charge in [-0.3, -0.25) is 9.89 Å². The quantitative estimate of drug-likeness (QED) is 0.530. The molecule has 1 saturated carbocycles. The number of nitrogens with one attached hydrogen (secondary N) is 2. The molecule has 1 heterocycles. The van der Waals surface area contributed by atoms with Gasteiger partial charge in [0.1, 0.15) is 5.75 Å². The van der Waals surface area contributed by atoms with Gasteiger partial charge in [0.25, 0.3) is 0 Å². The molecule has 1 saturated heterocycles. The van der Waals surface area contributed by atoms with Crippen molar-refractivity contribution in [3.63, 3.8) is 0 Å². The van der Waals surface area contributed by atoms with Crippen molar-refractivity contribution in [1.82, 2.24) is 15.5 Å². The molecule has 6 nitrogen and oxygen atoms in total. The lowest BCUT2D eigenvalue weighted by atomic mass is 9.67. The molecule has 0 aromatic heterocycles. The molecule has 1 aliphatic heterocycles. The second-order valence-corrected chi connectivity index (χ2v) is 7.95. The maximum absolute atomic E-state index is 5.56. The lowest BCUT2D eigenvalue weighted by Crippen LogP contribution is -2.49. The molecule has 1 aromatic carbocycles. The van der Waals surface area contributed by atoms with Gasteiger partial charge in [-0.2, -0.15) is 0 Å². The molecule has 0 bridgehead atoms. The summed E-state index contributed by atoms with van der Waals surface area (Å²) in [6, 6.07) is 8.68. The first kappa shape index (κ1) is 20.9. The Morgan fingerprint density at radius 2 is 1.93 bits per heavy atom. The van der Waals surface area contributed by atoms with Crippen molar-refractivity contribution in [2.75, 3.05) is 53.6 Å². The molecule has 1 unspecified atom stereocenters. The number of rotatable bonds is 8. The molecule has 1 aliphatic carbocycles. The van der Waals surface area contributed by atoms with Crippen molar-refractivity contribution >= 4 is 5.96 Å². The van der Waals surface area contributed by atoms with Gasteiger partial charge in [-0.15, -0.1) is 0 Å². The van der Waals surface area contributed by atoms with E-state index in [-0.39, 0.29) is 6.04 Å². The second kappa shape index (κ2) is 10.1. The number of nitrogens with zero attached hydrogens (tertiary/aromatic N) is 2. The van der Waals surface area contributed by atoms with E-state index < -0.39 is 0 Å². The maximum Gasteiger partial charge on any atom is 0.191 e. The fourth-order valence-electron chi connectivity index (χ4n) is 4.19. The van der Waals surface area contributed by atoms with Crippen molar-refractivity contribution in [1.29, 1.82) is 0 Å². The Balaban J connectivity index is 1.62. The zero-order valence-electron chi connectivity index (χ0n) is 17.7. The summed E-state index contributed by atoms with van der Waals surface area (Å²) >= 11 is 0. The van der Waals surface area contributed by atoms with Gasteiger partial charge >= 0.3 is 0 Å². The zero-order chi connectivity index (χ0) is 19.8. The summed E-state index contributed by atoms with van der Waals surface area (Å²) in [5, 5.41) is 7.13. The highest BCUT2D eigenvalue weighted by Crippen LogP contribution is 2.43. The number of aliphatic imine (C=N–C) groups is 1. The van der Waals surface area contributed by atoms with Crippen LogP contribution in [-0.4, -0.2) is 64.4 Å². The Morgan fingerprint density at radius 1 is 1.21 bits per heavy atom. The molecule has 1 atom stereocenters. The minimum absolute atomic E-state index is 0.275. The van der Waals surface area contributed by atoms with Gasteiger partial charge in [0.05, 0.1) is 26.4 Å². The second-order valence-electron chi connectivity index (χ2n) is 7.95. The van der Waals surface area contributed by atoms with Crippen LogP contribution in [0.25, 0.3) is 0 Å². The molecule has 6 heteroatoms. The molecule has 28 heavy (non-hydrogen) atoms. The van der Waals surface area contributed by atoms with Gasteiger partial charge in [0, 0.05) is 33.2 Å². The Morgan fingerprint density at radius 3 is 2.46 bits per heavy atom. The monoisotopic (exact) mass is 388 g/mol. The molecule has 2 N–H and O–H groups in total. The number of benzene rings is 1. The van der Waals surface area contributed by atoms with Crippen LogP contribution in [0, 0.1) is 5.41 Å². The summed E-state index contributed by atoms with van der Waals surface area (Å²) in [6.45, 7) is 7.60. The molecule has 0 spiro atoms. The summed E-state index contributed by atoms with van der Waals surface area (Å²) in [7, 11) is 3.56. The topological polar surface area (TPSA) is 58.1 Å². The molecule has 3 rings (SSSR count). The highest BCUT2D eigenvalue weighted by molar-refractivity contribution is 5.79. The number of hydrogen-bond acceptors (Lipinski definition) is 4. The van der Waals surface area contributed by atoms with Gasteiger partial charge in [-0.1, -0.05) is 25.5 Å². The summed E-state index contributed by atoms with van der Waals surface area (Å²) in [4.78, 5) is 6.94. The molecule has 2 fully saturated rings. The van der Waals surface area contributed by atoms with Gasteiger partial charge in [0.15, 0.2) is 5.96 Å². The van der Waals surface area contributed by atoms with Crippen LogP contribution in [0.5, 0.6) is 5.75 Å². The first-order valence-electron chi connectivity index (χ1n) is 10.6. The molecule has 0 radical (unpaired) electrons. The number of morpholine rings is 1. The third kappa shape index (κ3) is 5.17. The smallest absolute Gasteiger partial charge is 0.191 e. The molecular weight excluding hydrogens is 352 g/mol. The number of ether oxygens (including phenoxy) is 2. The van der Waals surface area contributed by atoms with Crippen molar-refractivity contribution in [2.24, 2.45) is 10.4 Å². The Kier molecular flexibility index (Phi) is 7.57. The minimum atomic E-state index is 0.275. The first-order valence-corrected chi connectivity index (χ1v) is 10.6. The molecule has 1 aromatic rings. The van der Waals surface area contributed by atoms with Crippen LogP contribution in [0.3, 0.4) is 0 Å². The average molecular weight is 389 g/mol. The van der Waals surface area contributed by atoms with E-state index in [2.05, 4.69) is 39.6 Å². The van der Waals surface area contributed by atoms with Crippen molar-refractivity contribution in [2.45, 2.75) is 38.6 Å². The van der Waals surface area contributed by atoms with E-state index in [1.165, 1.54) is 31.2 Å². The van der Waals surface area contributed by atoms with Gasteiger partial charge in [-0.25, -0.2) is 0 Å². The van der Waals surface area contributed by atoms with Gasteiger partial charge < -0.3 is 20.1 Å². The summed E-state index contributed by atoms with van der Waals surface area (Å²) in [5.41, 5.74) is 1.76. The van der Waals surface area contributed by atoms with Crippen LogP contribution in [-0.2, 0) is 4.74 Å². The van der Waals surface area contributed by atoms with Gasteiger partial charge in [0.2, 0.25) is 0 Å². The van der Waals surface area contributed by atoms with Crippen LogP contribution in [0.2, 0.25) is 0 Å². The molecule has 0 amide bonds. The van der Waals surface area contributed by atoms with E-state index in [9.17, 15) is 0 Å². The van der Waals surface area contributed by atoms with E-state index in [1.807, 2.05) is 19.2 Å². The molecule has 156 valence electrons.